The van der Waals surface area contributed by atoms with Gasteiger partial charge in [0.1, 0.15) is 11.9 Å². The summed E-state index contributed by atoms with van der Waals surface area (Å²) in [5.74, 6) is 6.14. The van der Waals surface area contributed by atoms with E-state index >= 15 is 0 Å². The van der Waals surface area contributed by atoms with E-state index in [1.165, 1.54) is 6.07 Å². The molecule has 4 nitrogen and oxygen atoms in total. The van der Waals surface area contributed by atoms with Crippen LogP contribution in [0.4, 0.5) is 4.39 Å². The van der Waals surface area contributed by atoms with Crippen molar-refractivity contribution >= 4 is 0 Å². The smallest absolute Gasteiger partial charge is 0.128 e. The number of likely N-dealkylation sites (tertiary alicyclic amines) is 1. The summed E-state index contributed by atoms with van der Waals surface area (Å²) >= 11 is 0. The van der Waals surface area contributed by atoms with Crippen LogP contribution >= 0.6 is 0 Å². The van der Waals surface area contributed by atoms with Gasteiger partial charge >= 0.3 is 0 Å². The number of rotatable bonds is 4. The van der Waals surface area contributed by atoms with Gasteiger partial charge in [-0.3, -0.25) is 4.90 Å². The first-order valence-corrected chi connectivity index (χ1v) is 8.37. The first-order valence-electron chi connectivity index (χ1n) is 8.37. The molecule has 0 aromatic heterocycles. The van der Waals surface area contributed by atoms with Crippen LogP contribution in [0.2, 0.25) is 0 Å². The number of benzene rings is 2. The molecular formula is C20H19FN4. The van der Waals surface area contributed by atoms with Gasteiger partial charge in [-0.25, -0.2) is 4.39 Å². The van der Waals surface area contributed by atoms with Gasteiger partial charge in [0.25, 0.3) is 0 Å². The minimum atomic E-state index is -0.359. The van der Waals surface area contributed by atoms with Gasteiger partial charge < -0.3 is 0 Å². The molecule has 1 fully saturated rings. The second-order valence-corrected chi connectivity index (χ2v) is 6.01. The zero-order valence-electron chi connectivity index (χ0n) is 13.8. The molecule has 0 N–H and O–H groups in total. The lowest BCUT2D eigenvalue weighted by atomic mass is 10.0. The maximum atomic E-state index is 14.4. The zero-order chi connectivity index (χ0) is 17.5. The van der Waals surface area contributed by atoms with E-state index in [0.717, 1.165) is 24.9 Å². The highest BCUT2D eigenvalue weighted by molar-refractivity contribution is 5.38. The van der Waals surface area contributed by atoms with Crippen LogP contribution in [-0.4, -0.2) is 24.0 Å². The largest absolute Gasteiger partial charge is 0.283 e. The maximum Gasteiger partial charge on any atom is 0.128 e. The fraction of sp³-hybridized carbons (Fsp3) is 0.300. The lowest BCUT2D eigenvalue weighted by Gasteiger charge is -2.29. The zero-order valence-corrected chi connectivity index (χ0v) is 13.8. The normalized spacial score (nSPS) is 18.0. The highest BCUT2D eigenvalue weighted by atomic mass is 19.1. The molecule has 126 valence electrons. The van der Waals surface area contributed by atoms with Crippen LogP contribution < -0.4 is 0 Å². The van der Waals surface area contributed by atoms with Crippen LogP contribution in [0, 0.1) is 17.7 Å². The van der Waals surface area contributed by atoms with E-state index in [1.54, 1.807) is 12.1 Å². The molecule has 0 bridgehead atoms. The first kappa shape index (κ1) is 17.0. The van der Waals surface area contributed by atoms with Crippen molar-refractivity contribution in [3.05, 3.63) is 82.0 Å². The molecule has 2 aromatic rings. The quantitative estimate of drug-likeness (QED) is 0.346. The molecule has 0 radical (unpaired) electrons. The Morgan fingerprint density at radius 1 is 1.20 bits per heavy atom. The Morgan fingerprint density at radius 2 is 1.96 bits per heavy atom. The molecule has 0 spiro atoms. The van der Waals surface area contributed by atoms with Crippen molar-refractivity contribution in [3.63, 3.8) is 0 Å². The van der Waals surface area contributed by atoms with Crippen molar-refractivity contribution in [3.8, 4) is 11.8 Å². The summed E-state index contributed by atoms with van der Waals surface area (Å²) in [4.78, 5) is 5.02. The minimum absolute atomic E-state index is 0.0885. The predicted molar refractivity (Wildman–Crippen MR) is 96.2 cm³/mol. The molecular weight excluding hydrogens is 315 g/mol. The van der Waals surface area contributed by atoms with Crippen LogP contribution in [0.5, 0.6) is 0 Å². The third-order valence-corrected chi connectivity index (χ3v) is 4.44. The van der Waals surface area contributed by atoms with E-state index in [9.17, 15) is 4.39 Å². The van der Waals surface area contributed by atoms with Crippen LogP contribution in [0.1, 0.15) is 30.0 Å². The van der Waals surface area contributed by atoms with Gasteiger partial charge in [-0.05, 0) is 43.1 Å². The topological polar surface area (TPSA) is 52.0 Å². The molecule has 0 aliphatic carbocycles. The summed E-state index contributed by atoms with van der Waals surface area (Å²) in [5, 5.41) is 3.72. The van der Waals surface area contributed by atoms with Gasteiger partial charge in [-0.2, -0.15) is 0 Å². The fourth-order valence-electron chi connectivity index (χ4n) is 3.23. The molecule has 1 heterocycles. The summed E-state index contributed by atoms with van der Waals surface area (Å²) in [7, 11) is 0. The van der Waals surface area contributed by atoms with Crippen molar-refractivity contribution in [2.45, 2.75) is 24.9 Å². The lowest BCUT2D eigenvalue weighted by molar-refractivity contribution is 0.219. The summed E-state index contributed by atoms with van der Waals surface area (Å²) in [6.07, 6.45) is 1.92. The number of nitrogens with zero attached hydrogens (tertiary/aromatic N) is 4. The van der Waals surface area contributed by atoms with Gasteiger partial charge in [-0.1, -0.05) is 53.4 Å². The summed E-state index contributed by atoms with van der Waals surface area (Å²) in [6.45, 7) is 1.20. The number of hydrogen-bond acceptors (Lipinski definition) is 2. The molecule has 1 aliphatic heterocycles. The van der Waals surface area contributed by atoms with Crippen molar-refractivity contribution in [2.24, 2.45) is 5.11 Å². The average Bonchev–Trinajstić information content (AvgIpc) is 3.11. The standard InChI is InChI=1S/C20H19FN4/c21-19-11-5-4-10-18(19)20(13-12-16-7-2-1-3-8-16)25-14-6-9-17(25)15-23-24-22/h1-5,7-8,10-11,17,20H,6,9,14-15H2/t17-,20+/m0/s1. The highest BCUT2D eigenvalue weighted by Gasteiger charge is 2.31. The SMILES string of the molecule is [N-]=[N+]=NC[C@@H]1CCCN1[C@H](C#Cc1ccccc1)c1ccccc1F. The molecule has 0 unspecified atom stereocenters. The summed E-state index contributed by atoms with van der Waals surface area (Å²) in [5.41, 5.74) is 10.1. The molecule has 5 heteroatoms. The number of hydrogen-bond donors (Lipinski definition) is 0. The Labute approximate surface area is 146 Å². The molecule has 1 aliphatic rings. The molecule has 2 aromatic carbocycles. The van der Waals surface area contributed by atoms with Crippen molar-refractivity contribution in [1.82, 2.24) is 4.90 Å². The van der Waals surface area contributed by atoms with E-state index in [1.807, 2.05) is 36.4 Å². The monoisotopic (exact) mass is 334 g/mol. The highest BCUT2D eigenvalue weighted by Crippen LogP contribution is 2.30. The van der Waals surface area contributed by atoms with E-state index in [0.29, 0.717) is 12.1 Å². The fourth-order valence-corrected chi connectivity index (χ4v) is 3.23. The van der Waals surface area contributed by atoms with Crippen LogP contribution in [0.25, 0.3) is 10.4 Å². The van der Waals surface area contributed by atoms with Gasteiger partial charge in [-0.15, -0.1) is 0 Å². The first-order chi connectivity index (χ1) is 12.3. The second-order valence-electron chi connectivity index (χ2n) is 6.01. The van der Waals surface area contributed by atoms with Crippen LogP contribution in [0.3, 0.4) is 0 Å². The Hall–Kier alpha value is -2.80. The van der Waals surface area contributed by atoms with E-state index < -0.39 is 0 Å². The summed E-state index contributed by atoms with van der Waals surface area (Å²) in [6, 6.07) is 16.2. The van der Waals surface area contributed by atoms with E-state index in [2.05, 4.69) is 26.8 Å². The van der Waals surface area contributed by atoms with E-state index in [4.69, 9.17) is 5.53 Å². The number of azide groups is 1. The third kappa shape index (κ3) is 4.19. The Bertz CT molecular complexity index is 818. The minimum Gasteiger partial charge on any atom is -0.283 e. The van der Waals surface area contributed by atoms with Gasteiger partial charge in [0.2, 0.25) is 0 Å². The summed E-state index contributed by atoms with van der Waals surface area (Å²) < 4.78 is 14.4. The predicted octanol–water partition coefficient (Wildman–Crippen LogP) is 4.69. The van der Waals surface area contributed by atoms with Crippen molar-refractivity contribution in [2.75, 3.05) is 13.1 Å². The average molecular weight is 334 g/mol. The maximum absolute atomic E-state index is 14.4. The van der Waals surface area contributed by atoms with Gasteiger partial charge in [0.05, 0.1) is 0 Å². The number of halogens is 1. The third-order valence-electron chi connectivity index (χ3n) is 4.44. The molecule has 2 atom stereocenters. The second kappa shape index (κ2) is 8.34. The van der Waals surface area contributed by atoms with Crippen LogP contribution in [-0.2, 0) is 0 Å². The van der Waals surface area contributed by atoms with Gasteiger partial charge in [0.15, 0.2) is 0 Å². The lowest BCUT2D eigenvalue weighted by Crippen LogP contribution is -2.35. The molecule has 25 heavy (non-hydrogen) atoms. The van der Waals surface area contributed by atoms with Crippen LogP contribution in [0.15, 0.2) is 59.7 Å². The molecule has 3 rings (SSSR count). The Kier molecular flexibility index (Phi) is 5.69. The van der Waals surface area contributed by atoms with Gasteiger partial charge in [0, 0.05) is 28.6 Å². The van der Waals surface area contributed by atoms with E-state index in [-0.39, 0.29) is 17.9 Å². The molecule has 0 amide bonds. The Morgan fingerprint density at radius 3 is 2.72 bits per heavy atom. The Balaban J connectivity index is 1.96. The van der Waals surface area contributed by atoms with Crippen molar-refractivity contribution < 1.29 is 4.39 Å². The molecule has 1 saturated heterocycles. The van der Waals surface area contributed by atoms with Crippen molar-refractivity contribution in [1.29, 1.82) is 0 Å². The molecule has 0 saturated carbocycles.